The third-order valence-electron chi connectivity index (χ3n) is 4.03. The molecule has 2 aromatic rings. The van der Waals surface area contributed by atoms with E-state index in [2.05, 4.69) is 10.6 Å². The van der Waals surface area contributed by atoms with Crippen molar-refractivity contribution in [1.29, 1.82) is 0 Å². The molecular weight excluding hydrogens is 319 g/mol. The van der Waals surface area contributed by atoms with Crippen molar-refractivity contribution < 1.29 is 14.0 Å². The van der Waals surface area contributed by atoms with Gasteiger partial charge in [0.25, 0.3) is 0 Å². The van der Waals surface area contributed by atoms with Crippen LogP contribution in [0.15, 0.2) is 54.6 Å². The van der Waals surface area contributed by atoms with E-state index in [-0.39, 0.29) is 11.6 Å². The number of amides is 2. The maximum Gasteiger partial charge on any atom is 0.239 e. The van der Waals surface area contributed by atoms with Crippen molar-refractivity contribution in [3.63, 3.8) is 0 Å². The van der Waals surface area contributed by atoms with Crippen LogP contribution in [0, 0.1) is 11.2 Å². The molecule has 0 saturated carbocycles. The van der Waals surface area contributed by atoms with Gasteiger partial charge in [0.15, 0.2) is 0 Å². The molecule has 5 heteroatoms. The Balaban J connectivity index is 1.84. The Morgan fingerprint density at radius 2 is 1.60 bits per heavy atom. The van der Waals surface area contributed by atoms with Gasteiger partial charge in [0.2, 0.25) is 11.8 Å². The second kappa shape index (κ2) is 8.42. The van der Waals surface area contributed by atoms with E-state index in [9.17, 15) is 14.0 Å². The summed E-state index contributed by atoms with van der Waals surface area (Å²) in [6.07, 6.45) is 1.63. The van der Waals surface area contributed by atoms with Crippen LogP contribution in [-0.2, 0) is 16.0 Å². The van der Waals surface area contributed by atoms with Gasteiger partial charge in [-0.15, -0.1) is 0 Å². The standard InChI is InChI=1S/C20H23FN2O2/c1-20(2,19(25)23-17-13-7-6-12-16(17)21)18(24)22-14-8-11-15-9-4-3-5-10-15/h3-7,9-10,12-13H,8,11,14H2,1-2H3,(H,22,24)(H,23,25). The van der Waals surface area contributed by atoms with Gasteiger partial charge >= 0.3 is 0 Å². The fourth-order valence-electron chi connectivity index (χ4n) is 2.30. The Morgan fingerprint density at radius 3 is 2.28 bits per heavy atom. The summed E-state index contributed by atoms with van der Waals surface area (Å²) in [6.45, 7) is 3.52. The quantitative estimate of drug-likeness (QED) is 0.597. The number of para-hydroxylation sites is 1. The Hall–Kier alpha value is -2.69. The minimum absolute atomic E-state index is 0.0671. The highest BCUT2D eigenvalue weighted by Gasteiger charge is 2.36. The number of carbonyl (C=O) groups is 2. The van der Waals surface area contributed by atoms with Gasteiger partial charge < -0.3 is 10.6 Å². The molecule has 0 heterocycles. The summed E-state index contributed by atoms with van der Waals surface area (Å²) in [5.74, 6) is -1.46. The third kappa shape index (κ3) is 5.14. The number of anilines is 1. The fraction of sp³-hybridized carbons (Fsp3) is 0.300. The van der Waals surface area contributed by atoms with Crippen molar-refractivity contribution in [2.45, 2.75) is 26.7 Å². The molecule has 132 valence electrons. The topological polar surface area (TPSA) is 58.2 Å². The monoisotopic (exact) mass is 342 g/mol. The highest BCUT2D eigenvalue weighted by Crippen LogP contribution is 2.20. The SMILES string of the molecule is CC(C)(C(=O)NCCCc1ccccc1)C(=O)Nc1ccccc1F. The molecule has 0 aromatic heterocycles. The number of carbonyl (C=O) groups excluding carboxylic acids is 2. The second-order valence-electron chi connectivity index (χ2n) is 6.40. The summed E-state index contributed by atoms with van der Waals surface area (Å²) in [6, 6.07) is 15.9. The zero-order valence-corrected chi connectivity index (χ0v) is 14.5. The van der Waals surface area contributed by atoms with Gasteiger partial charge in [-0.3, -0.25) is 9.59 Å². The lowest BCUT2D eigenvalue weighted by atomic mass is 9.91. The van der Waals surface area contributed by atoms with Crippen LogP contribution in [0.4, 0.5) is 10.1 Å². The average Bonchev–Trinajstić information content (AvgIpc) is 2.61. The molecular formula is C20H23FN2O2. The molecule has 2 aromatic carbocycles. The lowest BCUT2D eigenvalue weighted by molar-refractivity contribution is -0.138. The Labute approximate surface area is 147 Å². The van der Waals surface area contributed by atoms with Gasteiger partial charge in [-0.2, -0.15) is 0 Å². The molecule has 2 N–H and O–H groups in total. The van der Waals surface area contributed by atoms with Crippen LogP contribution < -0.4 is 10.6 Å². The first-order valence-corrected chi connectivity index (χ1v) is 8.29. The molecule has 0 aliphatic rings. The average molecular weight is 342 g/mol. The number of benzene rings is 2. The van der Waals surface area contributed by atoms with Crippen molar-refractivity contribution in [1.82, 2.24) is 5.32 Å². The molecule has 0 aliphatic heterocycles. The van der Waals surface area contributed by atoms with E-state index in [1.165, 1.54) is 37.6 Å². The first kappa shape index (κ1) is 18.6. The van der Waals surface area contributed by atoms with Crippen molar-refractivity contribution >= 4 is 17.5 Å². The van der Waals surface area contributed by atoms with Crippen molar-refractivity contribution in [3.8, 4) is 0 Å². The van der Waals surface area contributed by atoms with Crippen molar-refractivity contribution in [3.05, 3.63) is 66.0 Å². The number of hydrogen-bond acceptors (Lipinski definition) is 2. The normalized spacial score (nSPS) is 11.0. The molecule has 4 nitrogen and oxygen atoms in total. The molecule has 0 atom stereocenters. The summed E-state index contributed by atoms with van der Waals surface area (Å²) in [5, 5.41) is 5.25. The molecule has 0 saturated heterocycles. The molecule has 0 bridgehead atoms. The molecule has 0 spiro atoms. The number of nitrogens with one attached hydrogen (secondary N) is 2. The van der Waals surface area contributed by atoms with E-state index in [0.717, 1.165) is 12.8 Å². The van der Waals surface area contributed by atoms with E-state index in [4.69, 9.17) is 0 Å². The summed E-state index contributed by atoms with van der Waals surface area (Å²) in [4.78, 5) is 24.7. The first-order chi connectivity index (χ1) is 11.9. The van der Waals surface area contributed by atoms with Crippen LogP contribution >= 0.6 is 0 Å². The molecule has 0 aliphatic carbocycles. The minimum Gasteiger partial charge on any atom is -0.355 e. The molecule has 2 rings (SSSR count). The zero-order chi connectivity index (χ0) is 18.3. The van der Waals surface area contributed by atoms with Crippen LogP contribution in [-0.4, -0.2) is 18.4 Å². The highest BCUT2D eigenvalue weighted by atomic mass is 19.1. The number of halogens is 1. The summed E-state index contributed by atoms with van der Waals surface area (Å²) < 4.78 is 13.6. The predicted molar refractivity (Wildman–Crippen MR) is 96.6 cm³/mol. The van der Waals surface area contributed by atoms with E-state index in [0.29, 0.717) is 6.54 Å². The first-order valence-electron chi connectivity index (χ1n) is 8.29. The van der Waals surface area contributed by atoms with Crippen LogP contribution in [0.3, 0.4) is 0 Å². The van der Waals surface area contributed by atoms with Gasteiger partial charge in [0.1, 0.15) is 11.2 Å². The van der Waals surface area contributed by atoms with E-state index < -0.39 is 17.1 Å². The highest BCUT2D eigenvalue weighted by molar-refractivity contribution is 6.09. The summed E-state index contributed by atoms with van der Waals surface area (Å²) in [5.41, 5.74) is -0.0274. The van der Waals surface area contributed by atoms with E-state index in [1.54, 1.807) is 6.07 Å². The molecule has 0 fully saturated rings. The largest absolute Gasteiger partial charge is 0.355 e. The van der Waals surface area contributed by atoms with Crippen LogP contribution in [0.1, 0.15) is 25.8 Å². The number of hydrogen-bond donors (Lipinski definition) is 2. The second-order valence-corrected chi connectivity index (χ2v) is 6.40. The fourth-order valence-corrected chi connectivity index (χ4v) is 2.30. The minimum atomic E-state index is -1.30. The van der Waals surface area contributed by atoms with E-state index in [1.807, 2.05) is 30.3 Å². The Kier molecular flexibility index (Phi) is 6.28. The van der Waals surface area contributed by atoms with Crippen LogP contribution in [0.2, 0.25) is 0 Å². The zero-order valence-electron chi connectivity index (χ0n) is 14.5. The molecule has 0 radical (unpaired) electrons. The van der Waals surface area contributed by atoms with Crippen molar-refractivity contribution in [2.75, 3.05) is 11.9 Å². The number of rotatable bonds is 7. The molecule has 0 unspecified atom stereocenters. The van der Waals surface area contributed by atoms with Gasteiger partial charge in [0, 0.05) is 6.54 Å². The smallest absolute Gasteiger partial charge is 0.239 e. The lowest BCUT2D eigenvalue weighted by Crippen LogP contribution is -2.45. The Morgan fingerprint density at radius 1 is 0.960 bits per heavy atom. The Bertz CT molecular complexity index is 729. The summed E-state index contributed by atoms with van der Waals surface area (Å²) in [7, 11) is 0. The van der Waals surface area contributed by atoms with Crippen molar-refractivity contribution in [2.24, 2.45) is 5.41 Å². The third-order valence-corrected chi connectivity index (χ3v) is 4.03. The summed E-state index contributed by atoms with van der Waals surface area (Å²) >= 11 is 0. The number of aryl methyl sites for hydroxylation is 1. The lowest BCUT2D eigenvalue weighted by Gasteiger charge is -2.23. The van der Waals surface area contributed by atoms with Crippen LogP contribution in [0.25, 0.3) is 0 Å². The van der Waals surface area contributed by atoms with Gasteiger partial charge in [-0.1, -0.05) is 42.5 Å². The molecule has 2 amide bonds. The van der Waals surface area contributed by atoms with Gasteiger partial charge in [-0.25, -0.2) is 4.39 Å². The molecule has 25 heavy (non-hydrogen) atoms. The maximum absolute atomic E-state index is 13.6. The maximum atomic E-state index is 13.6. The predicted octanol–water partition coefficient (Wildman–Crippen LogP) is 3.54. The van der Waals surface area contributed by atoms with Gasteiger partial charge in [0.05, 0.1) is 5.69 Å². The van der Waals surface area contributed by atoms with Gasteiger partial charge in [-0.05, 0) is 44.4 Å². The van der Waals surface area contributed by atoms with E-state index >= 15 is 0 Å². The van der Waals surface area contributed by atoms with Crippen LogP contribution in [0.5, 0.6) is 0 Å².